The predicted molar refractivity (Wildman–Crippen MR) is 132 cm³/mol. The summed E-state index contributed by atoms with van der Waals surface area (Å²) in [5, 5.41) is 3.50. The molecule has 4 rings (SSSR count). The Balaban J connectivity index is 1.64. The Morgan fingerprint density at radius 2 is 1.70 bits per heavy atom. The minimum Gasteiger partial charge on any atom is -0.495 e. The van der Waals surface area contributed by atoms with Gasteiger partial charge in [0, 0.05) is 5.56 Å². The third-order valence-electron chi connectivity index (χ3n) is 5.64. The van der Waals surface area contributed by atoms with Gasteiger partial charge < -0.3 is 10.1 Å². The SMILES string of the molecule is COc1ccc(C(C)(C)C)cc1NC(=O)c1ccc(-n2c(C)nc3ccccc3c2=O)cc1. The minimum atomic E-state index is -0.258. The molecule has 3 aromatic carbocycles. The molecule has 1 aromatic heterocycles. The van der Waals surface area contributed by atoms with Crippen LogP contribution in [0.5, 0.6) is 5.75 Å². The number of hydrogen-bond acceptors (Lipinski definition) is 4. The van der Waals surface area contributed by atoms with Crippen LogP contribution in [0.15, 0.2) is 71.5 Å². The van der Waals surface area contributed by atoms with Gasteiger partial charge in [-0.3, -0.25) is 14.2 Å². The molecule has 1 amide bonds. The Labute approximate surface area is 192 Å². The highest BCUT2D eigenvalue weighted by atomic mass is 16.5. The molecular weight excluding hydrogens is 414 g/mol. The number of carbonyl (C=O) groups excluding carboxylic acids is 1. The maximum absolute atomic E-state index is 13.0. The summed E-state index contributed by atoms with van der Waals surface area (Å²) in [6, 6.07) is 20.0. The molecule has 0 bridgehead atoms. The summed E-state index contributed by atoms with van der Waals surface area (Å²) >= 11 is 0. The molecular formula is C27H27N3O3. The van der Waals surface area contributed by atoms with Crippen LogP contribution in [0.1, 0.15) is 42.5 Å². The van der Waals surface area contributed by atoms with Crippen molar-refractivity contribution in [3.8, 4) is 11.4 Å². The first-order valence-electron chi connectivity index (χ1n) is 10.8. The second-order valence-corrected chi connectivity index (χ2v) is 8.98. The van der Waals surface area contributed by atoms with Gasteiger partial charge in [0.1, 0.15) is 11.6 Å². The van der Waals surface area contributed by atoms with Crippen LogP contribution in [0.2, 0.25) is 0 Å². The second kappa shape index (κ2) is 8.54. The molecule has 1 N–H and O–H groups in total. The van der Waals surface area contributed by atoms with Crippen molar-refractivity contribution in [3.05, 3.63) is 94.0 Å². The fourth-order valence-corrected chi connectivity index (χ4v) is 3.78. The number of carbonyl (C=O) groups is 1. The third kappa shape index (κ3) is 4.37. The number of aromatic nitrogens is 2. The predicted octanol–water partition coefficient (Wildman–Crippen LogP) is 5.25. The first kappa shape index (κ1) is 22.3. The van der Waals surface area contributed by atoms with E-state index in [0.29, 0.717) is 39.4 Å². The molecule has 0 aliphatic heterocycles. The number of para-hydroxylation sites is 1. The second-order valence-electron chi connectivity index (χ2n) is 8.98. The van der Waals surface area contributed by atoms with Crippen molar-refractivity contribution in [2.45, 2.75) is 33.1 Å². The standard InChI is InChI=1S/C27H27N3O3/c1-17-28-22-9-7-6-8-21(22)26(32)30(17)20-13-10-18(11-14-20)25(31)29-23-16-19(27(2,3)4)12-15-24(23)33-5/h6-16H,1-5H3,(H,29,31). The van der Waals surface area contributed by atoms with Crippen molar-refractivity contribution in [1.82, 2.24) is 9.55 Å². The van der Waals surface area contributed by atoms with Gasteiger partial charge in [0.25, 0.3) is 11.5 Å². The van der Waals surface area contributed by atoms with Gasteiger partial charge in [-0.15, -0.1) is 0 Å². The molecule has 0 atom stereocenters. The summed E-state index contributed by atoms with van der Waals surface area (Å²) in [6.07, 6.45) is 0. The van der Waals surface area contributed by atoms with E-state index in [1.165, 1.54) is 0 Å². The Morgan fingerprint density at radius 1 is 1.00 bits per heavy atom. The highest BCUT2D eigenvalue weighted by Gasteiger charge is 2.18. The van der Waals surface area contributed by atoms with E-state index in [9.17, 15) is 9.59 Å². The number of anilines is 1. The lowest BCUT2D eigenvalue weighted by molar-refractivity contribution is 0.102. The van der Waals surface area contributed by atoms with Crippen LogP contribution < -0.4 is 15.6 Å². The molecule has 0 saturated carbocycles. The van der Waals surface area contributed by atoms with Crippen molar-refractivity contribution in [2.75, 3.05) is 12.4 Å². The van der Waals surface area contributed by atoms with Gasteiger partial charge in [-0.2, -0.15) is 0 Å². The van der Waals surface area contributed by atoms with Gasteiger partial charge in [0.15, 0.2) is 0 Å². The zero-order valence-corrected chi connectivity index (χ0v) is 19.5. The number of nitrogens with zero attached hydrogens (tertiary/aromatic N) is 2. The number of ether oxygens (including phenoxy) is 1. The molecule has 33 heavy (non-hydrogen) atoms. The average molecular weight is 442 g/mol. The molecule has 168 valence electrons. The van der Waals surface area contributed by atoms with E-state index >= 15 is 0 Å². The smallest absolute Gasteiger partial charge is 0.265 e. The first-order valence-corrected chi connectivity index (χ1v) is 10.8. The number of rotatable bonds is 4. The fourth-order valence-electron chi connectivity index (χ4n) is 3.78. The van der Waals surface area contributed by atoms with Crippen LogP contribution >= 0.6 is 0 Å². The van der Waals surface area contributed by atoms with Crippen molar-refractivity contribution in [3.63, 3.8) is 0 Å². The highest BCUT2D eigenvalue weighted by Crippen LogP contribution is 2.31. The molecule has 0 saturated heterocycles. The fraction of sp³-hybridized carbons (Fsp3) is 0.222. The number of aryl methyl sites for hydroxylation is 1. The van der Waals surface area contributed by atoms with Gasteiger partial charge in [-0.1, -0.05) is 39.0 Å². The van der Waals surface area contributed by atoms with Crippen LogP contribution in [-0.4, -0.2) is 22.6 Å². The summed E-state index contributed by atoms with van der Waals surface area (Å²) in [5.41, 5.74) is 3.29. The number of methoxy groups -OCH3 is 1. The quantitative estimate of drug-likeness (QED) is 0.469. The van der Waals surface area contributed by atoms with E-state index in [4.69, 9.17) is 4.74 Å². The van der Waals surface area contributed by atoms with E-state index < -0.39 is 0 Å². The topological polar surface area (TPSA) is 73.2 Å². The summed E-state index contributed by atoms with van der Waals surface area (Å²) in [6.45, 7) is 8.14. The van der Waals surface area contributed by atoms with E-state index in [1.807, 2.05) is 36.4 Å². The highest BCUT2D eigenvalue weighted by molar-refractivity contribution is 6.05. The first-order chi connectivity index (χ1) is 15.7. The summed E-state index contributed by atoms with van der Waals surface area (Å²) in [7, 11) is 1.58. The van der Waals surface area contributed by atoms with E-state index in [-0.39, 0.29) is 16.9 Å². The number of hydrogen-bond donors (Lipinski definition) is 1. The number of nitrogens with one attached hydrogen (secondary N) is 1. The van der Waals surface area contributed by atoms with Gasteiger partial charge in [0.05, 0.1) is 29.4 Å². The number of amides is 1. The normalized spacial score (nSPS) is 11.4. The van der Waals surface area contributed by atoms with Gasteiger partial charge in [0.2, 0.25) is 0 Å². The van der Waals surface area contributed by atoms with Crippen LogP contribution in [-0.2, 0) is 5.41 Å². The van der Waals surface area contributed by atoms with Crippen molar-refractivity contribution in [2.24, 2.45) is 0 Å². The monoisotopic (exact) mass is 441 g/mol. The average Bonchev–Trinajstić information content (AvgIpc) is 2.79. The summed E-state index contributed by atoms with van der Waals surface area (Å²) in [5.74, 6) is 0.920. The lowest BCUT2D eigenvalue weighted by Gasteiger charge is -2.21. The largest absolute Gasteiger partial charge is 0.495 e. The van der Waals surface area contributed by atoms with Crippen LogP contribution in [0.4, 0.5) is 5.69 Å². The molecule has 6 nitrogen and oxygen atoms in total. The van der Waals surface area contributed by atoms with Gasteiger partial charge >= 0.3 is 0 Å². The molecule has 0 aliphatic rings. The minimum absolute atomic E-state index is 0.0631. The van der Waals surface area contributed by atoms with Crippen LogP contribution in [0.3, 0.4) is 0 Å². The lowest BCUT2D eigenvalue weighted by Crippen LogP contribution is -2.22. The lowest BCUT2D eigenvalue weighted by atomic mass is 9.87. The molecule has 1 heterocycles. The Hall–Kier alpha value is -3.93. The van der Waals surface area contributed by atoms with Crippen LogP contribution in [0, 0.1) is 6.92 Å². The molecule has 0 spiro atoms. The number of benzene rings is 3. The number of fused-ring (bicyclic) bond motifs is 1. The third-order valence-corrected chi connectivity index (χ3v) is 5.64. The molecule has 0 aliphatic carbocycles. The van der Waals surface area contributed by atoms with E-state index in [0.717, 1.165) is 5.56 Å². The van der Waals surface area contributed by atoms with E-state index in [2.05, 4.69) is 31.1 Å². The Bertz CT molecular complexity index is 1400. The van der Waals surface area contributed by atoms with Crippen molar-refractivity contribution < 1.29 is 9.53 Å². The molecule has 0 unspecified atom stereocenters. The van der Waals surface area contributed by atoms with Gasteiger partial charge in [-0.25, -0.2) is 4.98 Å². The van der Waals surface area contributed by atoms with Gasteiger partial charge in [-0.05, 0) is 66.4 Å². The zero-order valence-electron chi connectivity index (χ0n) is 19.5. The molecule has 6 heteroatoms. The molecule has 4 aromatic rings. The Kier molecular flexibility index (Phi) is 5.77. The van der Waals surface area contributed by atoms with Crippen molar-refractivity contribution >= 4 is 22.5 Å². The zero-order chi connectivity index (χ0) is 23.8. The van der Waals surface area contributed by atoms with E-state index in [1.54, 1.807) is 48.9 Å². The van der Waals surface area contributed by atoms with Crippen LogP contribution in [0.25, 0.3) is 16.6 Å². The van der Waals surface area contributed by atoms with Crippen molar-refractivity contribution in [1.29, 1.82) is 0 Å². The summed E-state index contributed by atoms with van der Waals surface area (Å²) in [4.78, 5) is 30.5. The molecule has 0 radical (unpaired) electrons. The summed E-state index contributed by atoms with van der Waals surface area (Å²) < 4.78 is 6.98. The maximum atomic E-state index is 13.0. The maximum Gasteiger partial charge on any atom is 0.265 e. The Morgan fingerprint density at radius 3 is 2.36 bits per heavy atom. The molecule has 0 fully saturated rings.